The molecule has 0 heterocycles. The molecule has 0 saturated carbocycles. The van der Waals surface area contributed by atoms with Crippen LogP contribution in [-0.4, -0.2) is 6.61 Å². The van der Waals surface area contributed by atoms with E-state index in [4.69, 9.17) is 4.74 Å². The molecular formula is C11H13BrF2O. The minimum absolute atomic E-state index is 0.0296. The summed E-state index contributed by atoms with van der Waals surface area (Å²) in [6.07, 6.45) is 2.95. The summed E-state index contributed by atoms with van der Waals surface area (Å²) in [5.41, 5.74) is 0. The highest BCUT2D eigenvalue weighted by Gasteiger charge is 2.10. The van der Waals surface area contributed by atoms with Gasteiger partial charge in [-0.1, -0.05) is 35.7 Å². The predicted molar refractivity (Wildman–Crippen MR) is 59.1 cm³/mol. The summed E-state index contributed by atoms with van der Waals surface area (Å²) in [6, 6.07) is 2.51. The van der Waals surface area contributed by atoms with Crippen LogP contribution in [0.4, 0.5) is 8.78 Å². The number of hydrogen-bond donors (Lipinski definition) is 0. The monoisotopic (exact) mass is 278 g/mol. The summed E-state index contributed by atoms with van der Waals surface area (Å²) < 4.78 is 31.7. The first-order chi connectivity index (χ1) is 7.15. The highest BCUT2D eigenvalue weighted by atomic mass is 79.9. The van der Waals surface area contributed by atoms with Crippen molar-refractivity contribution in [2.24, 2.45) is 0 Å². The molecule has 0 amide bonds. The molecule has 1 aromatic carbocycles. The maximum Gasteiger partial charge on any atom is 0.200 e. The predicted octanol–water partition coefficient (Wildman–Crippen LogP) is 4.30. The largest absolute Gasteiger partial charge is 0.490 e. The highest BCUT2D eigenvalue weighted by Crippen LogP contribution is 2.25. The van der Waals surface area contributed by atoms with Crippen LogP contribution >= 0.6 is 15.9 Å². The molecule has 0 aliphatic heterocycles. The number of rotatable bonds is 5. The van der Waals surface area contributed by atoms with Gasteiger partial charge in [0.1, 0.15) is 0 Å². The summed E-state index contributed by atoms with van der Waals surface area (Å²) in [5.74, 6) is -1.84. The molecule has 15 heavy (non-hydrogen) atoms. The molecule has 0 bridgehead atoms. The Bertz CT molecular complexity index is 329. The molecule has 4 heteroatoms. The summed E-state index contributed by atoms with van der Waals surface area (Å²) in [7, 11) is 0. The fraction of sp³-hybridized carbons (Fsp3) is 0.455. The number of ether oxygens (including phenoxy) is 1. The zero-order chi connectivity index (χ0) is 11.3. The standard InChI is InChI=1S/C11H13BrF2O/c1-2-3-4-5-15-10-7-8(12)6-9(13)11(10)14/h6-7H,2-5H2,1H3. The van der Waals surface area contributed by atoms with E-state index in [1.807, 2.05) is 0 Å². The first kappa shape index (κ1) is 12.4. The van der Waals surface area contributed by atoms with Gasteiger partial charge in [-0.05, 0) is 18.6 Å². The van der Waals surface area contributed by atoms with E-state index in [9.17, 15) is 8.78 Å². The van der Waals surface area contributed by atoms with Gasteiger partial charge in [-0.15, -0.1) is 0 Å². The fourth-order valence-corrected chi connectivity index (χ4v) is 1.58. The third kappa shape index (κ3) is 3.78. The molecule has 0 atom stereocenters. The molecule has 0 N–H and O–H groups in total. The second-order valence-electron chi connectivity index (χ2n) is 3.26. The van der Waals surface area contributed by atoms with Crippen LogP contribution in [0.25, 0.3) is 0 Å². The number of halogens is 3. The number of benzene rings is 1. The van der Waals surface area contributed by atoms with Crippen molar-refractivity contribution in [3.05, 3.63) is 28.2 Å². The van der Waals surface area contributed by atoms with Crippen LogP contribution in [0, 0.1) is 11.6 Å². The lowest BCUT2D eigenvalue weighted by Crippen LogP contribution is -2.00. The molecule has 0 fully saturated rings. The van der Waals surface area contributed by atoms with Crippen LogP contribution < -0.4 is 4.74 Å². The lowest BCUT2D eigenvalue weighted by Gasteiger charge is -2.07. The van der Waals surface area contributed by atoms with E-state index in [-0.39, 0.29) is 5.75 Å². The van der Waals surface area contributed by atoms with E-state index < -0.39 is 11.6 Å². The van der Waals surface area contributed by atoms with Gasteiger partial charge in [-0.3, -0.25) is 0 Å². The van der Waals surface area contributed by atoms with Gasteiger partial charge in [0.2, 0.25) is 5.82 Å². The molecule has 1 nitrogen and oxygen atoms in total. The van der Waals surface area contributed by atoms with E-state index in [1.165, 1.54) is 6.07 Å². The van der Waals surface area contributed by atoms with E-state index in [2.05, 4.69) is 22.9 Å². The molecule has 0 unspecified atom stereocenters. The van der Waals surface area contributed by atoms with Crippen LogP contribution in [0.5, 0.6) is 5.75 Å². The number of hydrogen-bond acceptors (Lipinski definition) is 1. The Morgan fingerprint density at radius 2 is 2.00 bits per heavy atom. The maximum atomic E-state index is 13.2. The van der Waals surface area contributed by atoms with E-state index in [0.717, 1.165) is 25.3 Å². The van der Waals surface area contributed by atoms with Crippen molar-refractivity contribution in [2.45, 2.75) is 26.2 Å². The minimum atomic E-state index is -0.922. The van der Waals surface area contributed by atoms with Gasteiger partial charge < -0.3 is 4.74 Å². The molecule has 0 aromatic heterocycles. The molecule has 84 valence electrons. The average molecular weight is 279 g/mol. The molecule has 1 rings (SSSR count). The van der Waals surface area contributed by atoms with E-state index in [0.29, 0.717) is 11.1 Å². The Hall–Kier alpha value is -0.640. The number of unbranched alkanes of at least 4 members (excludes halogenated alkanes) is 2. The lowest BCUT2D eigenvalue weighted by atomic mass is 10.2. The molecule has 0 saturated heterocycles. The van der Waals surface area contributed by atoms with Crippen LogP contribution in [0.3, 0.4) is 0 Å². The Balaban J connectivity index is 2.60. The van der Waals surface area contributed by atoms with Crippen molar-refractivity contribution in [1.82, 2.24) is 0 Å². The molecule has 0 aliphatic rings. The first-order valence-electron chi connectivity index (χ1n) is 4.92. The van der Waals surface area contributed by atoms with Crippen molar-refractivity contribution in [2.75, 3.05) is 6.61 Å². The summed E-state index contributed by atoms with van der Waals surface area (Å²) in [4.78, 5) is 0. The zero-order valence-corrected chi connectivity index (χ0v) is 10.1. The Morgan fingerprint density at radius 3 is 2.67 bits per heavy atom. The quantitative estimate of drug-likeness (QED) is 0.577. The van der Waals surface area contributed by atoms with Gasteiger partial charge in [0, 0.05) is 4.47 Å². The van der Waals surface area contributed by atoms with Crippen molar-refractivity contribution in [1.29, 1.82) is 0 Å². The third-order valence-corrected chi connectivity index (χ3v) is 2.42. The second kappa shape index (κ2) is 6.05. The second-order valence-corrected chi connectivity index (χ2v) is 4.17. The smallest absolute Gasteiger partial charge is 0.200 e. The van der Waals surface area contributed by atoms with Crippen LogP contribution in [-0.2, 0) is 0 Å². The van der Waals surface area contributed by atoms with Crippen LogP contribution in [0.1, 0.15) is 26.2 Å². The summed E-state index contributed by atoms with van der Waals surface area (Å²) in [5, 5.41) is 0. The molecule has 1 aromatic rings. The molecular weight excluding hydrogens is 266 g/mol. The Kier molecular flexibility index (Phi) is 5.02. The summed E-state index contributed by atoms with van der Waals surface area (Å²) in [6.45, 7) is 2.49. The van der Waals surface area contributed by atoms with Crippen LogP contribution in [0.15, 0.2) is 16.6 Å². The molecule has 0 radical (unpaired) electrons. The van der Waals surface area contributed by atoms with Gasteiger partial charge in [-0.2, -0.15) is 4.39 Å². The first-order valence-corrected chi connectivity index (χ1v) is 5.71. The highest BCUT2D eigenvalue weighted by molar-refractivity contribution is 9.10. The normalized spacial score (nSPS) is 10.4. The van der Waals surface area contributed by atoms with E-state index >= 15 is 0 Å². The molecule has 0 aliphatic carbocycles. The van der Waals surface area contributed by atoms with Crippen LogP contribution in [0.2, 0.25) is 0 Å². The van der Waals surface area contributed by atoms with Crippen molar-refractivity contribution in [3.63, 3.8) is 0 Å². The lowest BCUT2D eigenvalue weighted by molar-refractivity contribution is 0.286. The van der Waals surface area contributed by atoms with Crippen molar-refractivity contribution in [3.8, 4) is 5.75 Å². The zero-order valence-electron chi connectivity index (χ0n) is 8.53. The van der Waals surface area contributed by atoms with Crippen molar-refractivity contribution >= 4 is 15.9 Å². The summed E-state index contributed by atoms with van der Waals surface area (Å²) >= 11 is 3.08. The Morgan fingerprint density at radius 1 is 1.27 bits per heavy atom. The molecule has 0 spiro atoms. The maximum absolute atomic E-state index is 13.2. The van der Waals surface area contributed by atoms with Gasteiger partial charge in [0.05, 0.1) is 6.61 Å². The SMILES string of the molecule is CCCCCOc1cc(Br)cc(F)c1F. The van der Waals surface area contributed by atoms with Gasteiger partial charge in [0.15, 0.2) is 11.6 Å². The third-order valence-electron chi connectivity index (χ3n) is 1.97. The van der Waals surface area contributed by atoms with E-state index in [1.54, 1.807) is 0 Å². The minimum Gasteiger partial charge on any atom is -0.490 e. The van der Waals surface area contributed by atoms with Crippen molar-refractivity contribution < 1.29 is 13.5 Å². The topological polar surface area (TPSA) is 9.23 Å². The average Bonchev–Trinajstić information content (AvgIpc) is 2.19. The van der Waals surface area contributed by atoms with Gasteiger partial charge >= 0.3 is 0 Å². The fourth-order valence-electron chi connectivity index (χ4n) is 1.17. The Labute approximate surface area is 96.6 Å². The van der Waals surface area contributed by atoms with Gasteiger partial charge in [-0.25, -0.2) is 4.39 Å². The van der Waals surface area contributed by atoms with Gasteiger partial charge in [0.25, 0.3) is 0 Å².